The van der Waals surface area contributed by atoms with Gasteiger partial charge in [-0.2, -0.15) is 0 Å². The topological polar surface area (TPSA) is 51.2 Å². The SMILES string of the molecule is CC(=O)C1C(=O)CC(c2c(C)cc(C)cc2C)CC1=O. The molecule has 0 bridgehead atoms. The van der Waals surface area contributed by atoms with Gasteiger partial charge in [0.1, 0.15) is 11.7 Å². The van der Waals surface area contributed by atoms with Gasteiger partial charge >= 0.3 is 0 Å². The Hall–Kier alpha value is -1.77. The summed E-state index contributed by atoms with van der Waals surface area (Å²) < 4.78 is 0. The van der Waals surface area contributed by atoms with Gasteiger partial charge in [-0.3, -0.25) is 14.4 Å². The van der Waals surface area contributed by atoms with Crippen LogP contribution in [0.2, 0.25) is 0 Å². The van der Waals surface area contributed by atoms with Crippen LogP contribution in [0, 0.1) is 26.7 Å². The Morgan fingerprint density at radius 1 is 1.00 bits per heavy atom. The maximum absolute atomic E-state index is 12.1. The van der Waals surface area contributed by atoms with Gasteiger partial charge in [0.2, 0.25) is 0 Å². The summed E-state index contributed by atoms with van der Waals surface area (Å²) in [6, 6.07) is 4.16. The predicted octanol–water partition coefficient (Wildman–Crippen LogP) is 2.83. The quantitative estimate of drug-likeness (QED) is 0.778. The summed E-state index contributed by atoms with van der Waals surface area (Å²) >= 11 is 0. The van der Waals surface area contributed by atoms with Gasteiger partial charge in [-0.15, -0.1) is 0 Å². The first-order valence-electron chi connectivity index (χ1n) is 6.95. The second-order valence-electron chi connectivity index (χ2n) is 5.89. The number of carbonyl (C=O) groups is 3. The molecule has 1 saturated carbocycles. The van der Waals surface area contributed by atoms with Crippen molar-refractivity contribution >= 4 is 17.3 Å². The lowest BCUT2D eigenvalue weighted by molar-refractivity contribution is -0.141. The Balaban J connectivity index is 2.36. The molecule has 0 aromatic heterocycles. The third-order valence-electron chi connectivity index (χ3n) is 4.09. The number of Topliss-reactive ketones (excluding diaryl/α,β-unsaturated/α-hetero) is 3. The first-order valence-corrected chi connectivity index (χ1v) is 6.95. The van der Waals surface area contributed by atoms with Crippen molar-refractivity contribution in [3.05, 3.63) is 34.4 Å². The van der Waals surface area contributed by atoms with Crippen LogP contribution in [0.15, 0.2) is 12.1 Å². The Labute approximate surface area is 119 Å². The highest BCUT2D eigenvalue weighted by molar-refractivity contribution is 6.20. The molecular formula is C17H20O3. The molecule has 1 aromatic carbocycles. The lowest BCUT2D eigenvalue weighted by Gasteiger charge is -2.27. The van der Waals surface area contributed by atoms with Crippen molar-refractivity contribution in [2.75, 3.05) is 0 Å². The molecule has 0 aliphatic heterocycles. The fourth-order valence-electron chi connectivity index (χ4n) is 3.47. The van der Waals surface area contributed by atoms with Gasteiger partial charge in [0, 0.05) is 12.8 Å². The Bertz CT molecular complexity index is 557. The van der Waals surface area contributed by atoms with Crippen molar-refractivity contribution in [3.8, 4) is 0 Å². The van der Waals surface area contributed by atoms with E-state index >= 15 is 0 Å². The summed E-state index contributed by atoms with van der Waals surface area (Å²) in [5, 5.41) is 0. The molecule has 3 nitrogen and oxygen atoms in total. The fourth-order valence-corrected chi connectivity index (χ4v) is 3.47. The number of carbonyl (C=O) groups excluding carboxylic acids is 3. The van der Waals surface area contributed by atoms with Crippen LogP contribution in [0.1, 0.15) is 47.9 Å². The lowest BCUT2D eigenvalue weighted by atomic mass is 9.73. The Morgan fingerprint density at radius 2 is 1.45 bits per heavy atom. The summed E-state index contributed by atoms with van der Waals surface area (Å²) in [5.74, 6) is -1.87. The van der Waals surface area contributed by atoms with Crippen molar-refractivity contribution in [3.63, 3.8) is 0 Å². The molecule has 1 fully saturated rings. The summed E-state index contributed by atoms with van der Waals surface area (Å²) in [6.07, 6.45) is 0.585. The largest absolute Gasteiger partial charge is 0.299 e. The van der Waals surface area contributed by atoms with Gasteiger partial charge in [-0.1, -0.05) is 17.7 Å². The maximum atomic E-state index is 12.1. The molecule has 1 aliphatic carbocycles. The van der Waals surface area contributed by atoms with Crippen LogP contribution in [0.25, 0.3) is 0 Å². The molecule has 0 atom stereocenters. The second kappa shape index (κ2) is 5.31. The van der Waals surface area contributed by atoms with Crippen LogP contribution in [-0.2, 0) is 14.4 Å². The molecule has 0 spiro atoms. The first-order chi connectivity index (χ1) is 9.31. The Morgan fingerprint density at radius 3 is 1.85 bits per heavy atom. The van der Waals surface area contributed by atoms with Crippen LogP contribution in [-0.4, -0.2) is 17.3 Å². The number of hydrogen-bond donors (Lipinski definition) is 0. The van der Waals surface area contributed by atoms with Gasteiger partial charge in [-0.25, -0.2) is 0 Å². The van der Waals surface area contributed by atoms with E-state index in [1.807, 2.05) is 20.8 Å². The van der Waals surface area contributed by atoms with E-state index in [1.54, 1.807) is 0 Å². The minimum Gasteiger partial charge on any atom is -0.299 e. The third kappa shape index (κ3) is 2.58. The smallest absolute Gasteiger partial charge is 0.151 e. The van der Waals surface area contributed by atoms with E-state index < -0.39 is 5.92 Å². The third-order valence-corrected chi connectivity index (χ3v) is 4.09. The minimum atomic E-state index is -1.02. The minimum absolute atomic E-state index is 0.0776. The Kier molecular flexibility index (Phi) is 3.89. The molecule has 1 aliphatic rings. The summed E-state index contributed by atoms with van der Waals surface area (Å²) in [5.41, 5.74) is 4.52. The average Bonchev–Trinajstić information content (AvgIpc) is 2.25. The monoisotopic (exact) mass is 272 g/mol. The predicted molar refractivity (Wildman–Crippen MR) is 76.8 cm³/mol. The zero-order valence-corrected chi connectivity index (χ0v) is 12.4. The zero-order chi connectivity index (χ0) is 15.0. The van der Waals surface area contributed by atoms with E-state index in [4.69, 9.17) is 0 Å². The summed E-state index contributed by atoms with van der Waals surface area (Å²) in [6.45, 7) is 7.39. The average molecular weight is 272 g/mol. The number of benzene rings is 1. The molecule has 1 aromatic rings. The molecule has 0 unspecified atom stereocenters. The van der Waals surface area contributed by atoms with E-state index in [0.717, 1.165) is 16.7 Å². The van der Waals surface area contributed by atoms with Gasteiger partial charge in [0.05, 0.1) is 0 Å². The first kappa shape index (κ1) is 14.6. The van der Waals surface area contributed by atoms with Gasteiger partial charge in [0.25, 0.3) is 0 Å². The molecule has 0 saturated heterocycles. The molecule has 0 heterocycles. The number of rotatable bonds is 2. The molecule has 106 valence electrons. The highest BCUT2D eigenvalue weighted by Crippen LogP contribution is 2.36. The van der Waals surface area contributed by atoms with E-state index in [9.17, 15) is 14.4 Å². The van der Waals surface area contributed by atoms with Crippen molar-refractivity contribution in [1.29, 1.82) is 0 Å². The van der Waals surface area contributed by atoms with E-state index in [1.165, 1.54) is 12.5 Å². The van der Waals surface area contributed by atoms with Crippen molar-refractivity contribution in [1.82, 2.24) is 0 Å². The van der Waals surface area contributed by atoms with Crippen molar-refractivity contribution in [2.24, 2.45) is 5.92 Å². The summed E-state index contributed by atoms with van der Waals surface area (Å²) in [4.78, 5) is 35.6. The van der Waals surface area contributed by atoms with E-state index in [-0.39, 0.29) is 23.3 Å². The molecule has 0 amide bonds. The molecule has 2 rings (SSSR count). The van der Waals surface area contributed by atoms with Gasteiger partial charge in [0.15, 0.2) is 11.6 Å². The van der Waals surface area contributed by atoms with Gasteiger partial charge < -0.3 is 0 Å². The number of aryl methyl sites for hydroxylation is 3. The highest BCUT2D eigenvalue weighted by Gasteiger charge is 2.39. The molecular weight excluding hydrogens is 252 g/mol. The fraction of sp³-hybridized carbons (Fsp3) is 0.471. The second-order valence-corrected chi connectivity index (χ2v) is 5.89. The molecule has 20 heavy (non-hydrogen) atoms. The van der Waals surface area contributed by atoms with Crippen LogP contribution >= 0.6 is 0 Å². The molecule has 3 heteroatoms. The van der Waals surface area contributed by atoms with E-state index in [2.05, 4.69) is 12.1 Å². The van der Waals surface area contributed by atoms with Crippen LogP contribution in [0.4, 0.5) is 0 Å². The van der Waals surface area contributed by atoms with E-state index in [0.29, 0.717) is 12.8 Å². The molecule has 0 N–H and O–H groups in total. The zero-order valence-electron chi connectivity index (χ0n) is 12.4. The van der Waals surface area contributed by atoms with Crippen molar-refractivity contribution < 1.29 is 14.4 Å². The van der Waals surface area contributed by atoms with Crippen molar-refractivity contribution in [2.45, 2.75) is 46.5 Å². The highest BCUT2D eigenvalue weighted by atomic mass is 16.2. The van der Waals surface area contributed by atoms with Gasteiger partial charge in [-0.05, 0) is 50.3 Å². The number of ketones is 3. The lowest BCUT2D eigenvalue weighted by Crippen LogP contribution is -2.37. The molecule has 0 radical (unpaired) electrons. The van der Waals surface area contributed by atoms with Crippen LogP contribution < -0.4 is 0 Å². The van der Waals surface area contributed by atoms with Crippen LogP contribution in [0.3, 0.4) is 0 Å². The van der Waals surface area contributed by atoms with Crippen LogP contribution in [0.5, 0.6) is 0 Å². The summed E-state index contributed by atoms with van der Waals surface area (Å²) in [7, 11) is 0. The normalized spacial score (nSPS) is 23.0. The number of hydrogen-bond acceptors (Lipinski definition) is 3. The maximum Gasteiger partial charge on any atom is 0.151 e. The standard InChI is InChI=1S/C17H20O3/c1-9-5-10(2)16(11(3)6-9)13-7-14(19)17(12(4)18)15(20)8-13/h5-6,13,17H,7-8H2,1-4H3.